The van der Waals surface area contributed by atoms with Crippen molar-refractivity contribution in [2.75, 3.05) is 13.6 Å². The molecule has 1 heterocycles. The Kier molecular flexibility index (Phi) is 10.9. The number of alkyl halides is 3. The van der Waals surface area contributed by atoms with E-state index in [9.17, 15) is 31.2 Å². The average Bonchev–Trinajstić information content (AvgIpc) is 3.37. The van der Waals surface area contributed by atoms with Gasteiger partial charge in [0.05, 0.1) is 16.3 Å². The van der Waals surface area contributed by atoms with Gasteiger partial charge in [-0.15, -0.1) is 0 Å². The second-order valence-corrected chi connectivity index (χ2v) is 11.2. The highest BCUT2D eigenvalue weighted by Gasteiger charge is 2.35. The van der Waals surface area contributed by atoms with Crippen LogP contribution in [0.5, 0.6) is 0 Å². The third-order valence-electron chi connectivity index (χ3n) is 5.84. The van der Waals surface area contributed by atoms with Gasteiger partial charge < -0.3 is 9.57 Å². The van der Waals surface area contributed by atoms with Crippen molar-refractivity contribution in [2.45, 2.75) is 57.4 Å². The number of rotatable bonds is 13. The van der Waals surface area contributed by atoms with E-state index in [1.807, 2.05) is 11.6 Å². The number of sulfonamides is 1. The molecule has 3 aromatic rings. The van der Waals surface area contributed by atoms with Gasteiger partial charge in [-0.1, -0.05) is 29.8 Å². The van der Waals surface area contributed by atoms with E-state index in [2.05, 4.69) is 15.6 Å². The van der Waals surface area contributed by atoms with Gasteiger partial charge in [-0.3, -0.25) is 14.6 Å². The molecule has 0 saturated carbocycles. The maximum absolute atomic E-state index is 13.5. The second kappa shape index (κ2) is 14.1. The molecule has 232 valence electrons. The number of amides is 1. The van der Waals surface area contributed by atoms with Crippen LogP contribution in [0.2, 0.25) is 0 Å². The van der Waals surface area contributed by atoms with E-state index < -0.39 is 40.1 Å². The van der Waals surface area contributed by atoms with Gasteiger partial charge in [0, 0.05) is 44.7 Å². The Balaban J connectivity index is 1.59. The highest BCUT2D eigenvalue weighted by molar-refractivity contribution is 7.90. The number of esters is 1. The zero-order chi connectivity index (χ0) is 31.8. The summed E-state index contributed by atoms with van der Waals surface area (Å²) in [5.74, 6) is -1.26. The highest BCUT2D eigenvalue weighted by Crippen LogP contribution is 2.33. The lowest BCUT2D eigenvalue weighted by Gasteiger charge is -2.12. The molecule has 12 nitrogen and oxygen atoms in total. The number of hydrogen-bond acceptors (Lipinski definition) is 9. The number of hydrogen-bond donors (Lipinski definition) is 1. The monoisotopic (exact) mass is 624 g/mol. The zero-order valence-corrected chi connectivity index (χ0v) is 24.6. The number of halogens is 3. The molecule has 1 aromatic heterocycles. The molecule has 0 fully saturated rings. The quantitative estimate of drug-likeness (QED) is 0.0922. The van der Waals surface area contributed by atoms with Crippen molar-refractivity contribution in [1.82, 2.24) is 19.5 Å². The second-order valence-electron chi connectivity index (χ2n) is 9.50. The fourth-order valence-electron chi connectivity index (χ4n) is 3.75. The van der Waals surface area contributed by atoms with Crippen molar-refractivity contribution < 1.29 is 40.8 Å². The summed E-state index contributed by atoms with van der Waals surface area (Å²) in [7, 11) is -2.63. The molecular weight excluding hydrogens is 593 g/mol. The third kappa shape index (κ3) is 9.80. The number of carbonyl (C=O) groups is 2. The topological polar surface area (TPSA) is 145 Å². The minimum absolute atomic E-state index is 0.0876. The normalized spacial score (nSPS) is 12.6. The number of carbonyl (C=O) groups excluding carboxylic acids is 2. The summed E-state index contributed by atoms with van der Waals surface area (Å²) in [5, 5.41) is 12.3. The lowest BCUT2D eigenvalue weighted by atomic mass is 10.1. The fraction of sp³-hybridized carbons (Fsp3) is 0.370. The Morgan fingerprint density at radius 1 is 1.09 bits per heavy atom. The van der Waals surface area contributed by atoms with E-state index in [0.717, 1.165) is 16.3 Å². The number of ether oxygens (including phenoxy) is 1. The third-order valence-corrected chi connectivity index (χ3v) is 7.23. The SMILES string of the molecule is CC(=O)OC(C)O/N=N\N(C)CCCCC(=O)NS(=O)(=O)c1ccc(-n2nc(C(F)(F)F)cc2-c2ccc(C)cc2)cc1. The number of nitrogens with one attached hydrogen (secondary N) is 1. The van der Waals surface area contributed by atoms with Crippen LogP contribution in [-0.2, 0) is 35.4 Å². The molecule has 0 saturated heterocycles. The minimum Gasteiger partial charge on any atom is -0.423 e. The smallest absolute Gasteiger partial charge is 0.423 e. The highest BCUT2D eigenvalue weighted by atomic mass is 32.2. The van der Waals surface area contributed by atoms with Crippen LogP contribution in [0.15, 0.2) is 70.0 Å². The van der Waals surface area contributed by atoms with E-state index in [-0.39, 0.29) is 22.7 Å². The van der Waals surface area contributed by atoms with E-state index in [0.29, 0.717) is 24.9 Å². The first-order chi connectivity index (χ1) is 20.2. The summed E-state index contributed by atoms with van der Waals surface area (Å²) in [5.41, 5.74) is 0.699. The van der Waals surface area contributed by atoms with Crippen molar-refractivity contribution in [1.29, 1.82) is 0 Å². The molecule has 1 amide bonds. The van der Waals surface area contributed by atoms with E-state index in [1.54, 1.807) is 31.3 Å². The van der Waals surface area contributed by atoms with Gasteiger partial charge in [0.1, 0.15) is 0 Å². The van der Waals surface area contributed by atoms with Gasteiger partial charge >= 0.3 is 12.1 Å². The van der Waals surface area contributed by atoms with Crippen molar-refractivity contribution >= 4 is 21.9 Å². The molecule has 2 aromatic carbocycles. The van der Waals surface area contributed by atoms with Gasteiger partial charge in [-0.05, 0) is 55.3 Å². The lowest BCUT2D eigenvalue weighted by molar-refractivity contribution is -0.175. The fourth-order valence-corrected chi connectivity index (χ4v) is 4.76. The van der Waals surface area contributed by atoms with Crippen molar-refractivity contribution in [3.05, 3.63) is 65.9 Å². The molecule has 0 aliphatic carbocycles. The Hall–Kier alpha value is -4.47. The van der Waals surface area contributed by atoms with Gasteiger partial charge in [0.15, 0.2) is 5.69 Å². The maximum atomic E-state index is 13.5. The number of aryl methyl sites for hydroxylation is 1. The van der Waals surface area contributed by atoms with Gasteiger partial charge in [-0.2, -0.15) is 18.3 Å². The molecule has 0 aliphatic rings. The minimum atomic E-state index is -4.68. The summed E-state index contributed by atoms with van der Waals surface area (Å²) in [6.07, 6.45) is -4.86. The van der Waals surface area contributed by atoms with Crippen molar-refractivity contribution in [3.8, 4) is 16.9 Å². The standard InChI is InChI=1S/C27H31F3N6O6S/c1-18-8-10-21(11-9-18)24-17-25(27(28,29)30)31-36(24)22-12-14-23(15-13-22)43(39,40)32-26(38)7-5-6-16-35(4)33-34-42-20(3)41-19(2)37/h8-15,17,20H,5-7,16H2,1-4H3,(H,32,38)/b34-33-. The Bertz CT molecular complexity index is 1540. The number of aromatic nitrogens is 2. The lowest BCUT2D eigenvalue weighted by Crippen LogP contribution is -2.30. The van der Waals surface area contributed by atoms with Crippen LogP contribution in [0, 0.1) is 6.92 Å². The first kappa shape index (κ1) is 33.0. The molecule has 0 spiro atoms. The van der Waals surface area contributed by atoms with Crippen LogP contribution >= 0.6 is 0 Å². The first-order valence-electron chi connectivity index (χ1n) is 13.0. The summed E-state index contributed by atoms with van der Waals surface area (Å²) in [6.45, 7) is 4.92. The average molecular weight is 625 g/mol. The van der Waals surface area contributed by atoms with Crippen LogP contribution in [0.1, 0.15) is 44.4 Å². The first-order valence-corrected chi connectivity index (χ1v) is 14.5. The molecular formula is C27H31F3N6O6S. The Morgan fingerprint density at radius 2 is 1.74 bits per heavy atom. The van der Waals surface area contributed by atoms with Crippen molar-refractivity contribution in [2.24, 2.45) is 10.5 Å². The van der Waals surface area contributed by atoms with Crippen LogP contribution in [0.4, 0.5) is 13.2 Å². The summed E-state index contributed by atoms with van der Waals surface area (Å²) in [4.78, 5) is 27.7. The number of nitrogens with zero attached hydrogens (tertiary/aromatic N) is 5. The van der Waals surface area contributed by atoms with Gasteiger partial charge in [0.25, 0.3) is 16.3 Å². The molecule has 1 unspecified atom stereocenters. The summed E-state index contributed by atoms with van der Waals surface area (Å²) in [6, 6.07) is 12.8. The van der Waals surface area contributed by atoms with Crippen LogP contribution in [0.3, 0.4) is 0 Å². The molecule has 1 atom stereocenters. The largest absolute Gasteiger partial charge is 0.435 e. The van der Waals surface area contributed by atoms with E-state index in [4.69, 9.17) is 9.57 Å². The zero-order valence-electron chi connectivity index (χ0n) is 23.8. The Morgan fingerprint density at radius 3 is 2.35 bits per heavy atom. The van der Waals surface area contributed by atoms with Crippen LogP contribution in [0.25, 0.3) is 16.9 Å². The molecule has 0 bridgehead atoms. The van der Waals surface area contributed by atoms with E-state index in [1.165, 1.54) is 43.1 Å². The predicted molar refractivity (Wildman–Crippen MR) is 148 cm³/mol. The number of benzene rings is 2. The maximum Gasteiger partial charge on any atom is 0.435 e. The van der Waals surface area contributed by atoms with Gasteiger partial charge in [-0.25, -0.2) is 17.8 Å². The molecule has 1 N–H and O–H groups in total. The van der Waals surface area contributed by atoms with Crippen LogP contribution < -0.4 is 4.72 Å². The van der Waals surface area contributed by atoms with E-state index >= 15 is 0 Å². The molecule has 0 radical (unpaired) electrons. The predicted octanol–water partition coefficient (Wildman–Crippen LogP) is 4.98. The summed E-state index contributed by atoms with van der Waals surface area (Å²) < 4.78 is 73.7. The molecule has 43 heavy (non-hydrogen) atoms. The molecule has 16 heteroatoms. The molecule has 0 aliphatic heterocycles. The number of unbranched alkanes of at least 4 members (excludes halogenated alkanes) is 1. The van der Waals surface area contributed by atoms with Crippen LogP contribution in [-0.4, -0.2) is 55.0 Å². The molecule has 3 rings (SSSR count). The summed E-state index contributed by atoms with van der Waals surface area (Å²) >= 11 is 0. The van der Waals surface area contributed by atoms with Gasteiger partial charge in [0.2, 0.25) is 5.91 Å². The van der Waals surface area contributed by atoms with Crippen molar-refractivity contribution in [3.63, 3.8) is 0 Å². The Labute approximate surface area is 246 Å².